The van der Waals surface area contributed by atoms with Crippen LogP contribution in [0.5, 0.6) is 0 Å². The van der Waals surface area contributed by atoms with E-state index in [-0.39, 0.29) is 18.1 Å². The van der Waals surface area contributed by atoms with E-state index in [1.54, 1.807) is 18.5 Å². The Bertz CT molecular complexity index is 1400. The largest absolute Gasteiger partial charge is 0.498 e. The number of halogens is 2. The number of hydrogen-bond acceptors (Lipinski definition) is 12. The molecular weight excluding hydrogens is 657 g/mol. The monoisotopic (exact) mass is 685 g/mol. The number of hydrogen-bond donors (Lipinski definition) is 0. The predicted molar refractivity (Wildman–Crippen MR) is 157 cm³/mol. The first kappa shape index (κ1) is 32.5. The SMILES string of the molecule is CC(=O)OCC1O[C@H](Sc2cc(Cl)cnc2Br)C(OC(C)=O)C(n2cc(B3OC(C)(C)C(C)(C)O3)cn2)=C1OC(C)=O. The van der Waals surface area contributed by atoms with Crippen molar-refractivity contribution >= 4 is 75.5 Å². The quantitative estimate of drug-likeness (QED) is 0.173. The lowest BCUT2D eigenvalue weighted by Crippen LogP contribution is -2.45. The number of nitrogens with zero attached hydrogens (tertiary/aromatic N) is 3. The normalized spacial score (nSPS) is 23.1. The van der Waals surface area contributed by atoms with Crippen molar-refractivity contribution in [1.29, 1.82) is 0 Å². The molecule has 226 valence electrons. The van der Waals surface area contributed by atoms with Gasteiger partial charge in [0.15, 0.2) is 23.4 Å². The van der Waals surface area contributed by atoms with Crippen LogP contribution in [0.2, 0.25) is 5.02 Å². The Morgan fingerprint density at radius 2 is 1.76 bits per heavy atom. The molecule has 0 N–H and O–H groups in total. The minimum absolute atomic E-state index is 0.0429. The molecule has 0 aliphatic carbocycles. The van der Waals surface area contributed by atoms with Crippen molar-refractivity contribution in [3.63, 3.8) is 0 Å². The van der Waals surface area contributed by atoms with Gasteiger partial charge in [0.1, 0.15) is 16.9 Å². The summed E-state index contributed by atoms with van der Waals surface area (Å²) in [5, 5.41) is 4.87. The fourth-order valence-corrected chi connectivity index (χ4v) is 5.93. The van der Waals surface area contributed by atoms with E-state index >= 15 is 0 Å². The number of rotatable bonds is 8. The summed E-state index contributed by atoms with van der Waals surface area (Å²) >= 11 is 10.7. The highest BCUT2D eigenvalue weighted by Crippen LogP contribution is 2.42. The summed E-state index contributed by atoms with van der Waals surface area (Å²) in [5.74, 6) is -1.92. The molecule has 0 amide bonds. The maximum Gasteiger partial charge on any atom is 0.498 e. The van der Waals surface area contributed by atoms with Gasteiger partial charge in [0.05, 0.1) is 16.2 Å². The van der Waals surface area contributed by atoms with Crippen LogP contribution in [0.1, 0.15) is 48.5 Å². The van der Waals surface area contributed by atoms with Crippen LogP contribution >= 0.6 is 39.3 Å². The Morgan fingerprint density at radius 3 is 2.36 bits per heavy atom. The van der Waals surface area contributed by atoms with Gasteiger partial charge in [-0.25, -0.2) is 9.67 Å². The highest BCUT2D eigenvalue weighted by molar-refractivity contribution is 9.10. The molecule has 1 fully saturated rings. The molecule has 2 aromatic heterocycles. The van der Waals surface area contributed by atoms with Crippen molar-refractivity contribution in [2.75, 3.05) is 6.61 Å². The Hall–Kier alpha value is -2.43. The van der Waals surface area contributed by atoms with Crippen LogP contribution in [-0.2, 0) is 42.6 Å². The standard InChI is InChI=1S/C26H30BBrClN3O9S/c1-13(33)36-12-18-21(37-14(2)34)20(32-11-16(9-31-32)27-40-25(4,5)26(6,7)41-27)22(38-15(3)35)24(39-18)42-19-8-17(29)10-30-23(19)28/h8-11,18,22,24H,12H2,1-7H3/t18?,22?,24-/m1/s1. The number of carbonyl (C=O) groups is 3. The summed E-state index contributed by atoms with van der Waals surface area (Å²) in [5.41, 5.74) is -1.41. The van der Waals surface area contributed by atoms with E-state index in [9.17, 15) is 14.4 Å². The van der Waals surface area contributed by atoms with Gasteiger partial charge in [-0.1, -0.05) is 23.4 Å². The molecule has 4 heterocycles. The lowest BCUT2D eigenvalue weighted by molar-refractivity contribution is -0.156. The fourth-order valence-electron chi connectivity index (χ4n) is 4.11. The second-order valence-electron chi connectivity index (χ2n) is 10.5. The molecule has 0 bridgehead atoms. The average molecular weight is 687 g/mol. The number of pyridine rings is 1. The van der Waals surface area contributed by atoms with Crippen LogP contribution in [0.3, 0.4) is 0 Å². The molecule has 0 saturated carbocycles. The summed E-state index contributed by atoms with van der Waals surface area (Å²) in [6.45, 7) is 11.1. The molecule has 4 rings (SSSR count). The molecule has 3 atom stereocenters. The van der Waals surface area contributed by atoms with E-state index in [0.29, 0.717) is 20.0 Å². The molecule has 16 heteroatoms. The van der Waals surface area contributed by atoms with E-state index in [0.717, 1.165) is 11.8 Å². The first-order chi connectivity index (χ1) is 19.6. The number of carbonyl (C=O) groups excluding carboxylic acids is 3. The van der Waals surface area contributed by atoms with Crippen LogP contribution in [0.4, 0.5) is 0 Å². The first-order valence-electron chi connectivity index (χ1n) is 12.8. The van der Waals surface area contributed by atoms with Gasteiger partial charge >= 0.3 is 25.0 Å². The van der Waals surface area contributed by atoms with Gasteiger partial charge in [-0.3, -0.25) is 14.4 Å². The predicted octanol–water partition coefficient (Wildman–Crippen LogP) is 3.74. The summed E-state index contributed by atoms with van der Waals surface area (Å²) < 4.78 is 37.1. The van der Waals surface area contributed by atoms with E-state index in [4.69, 9.17) is 39.9 Å². The molecule has 2 aliphatic rings. The average Bonchev–Trinajstić information content (AvgIpc) is 3.43. The van der Waals surface area contributed by atoms with E-state index in [1.165, 1.54) is 31.6 Å². The maximum atomic E-state index is 12.4. The molecular formula is C26H30BBrClN3O9S. The fraction of sp³-hybridized carbons (Fsp3) is 0.500. The molecule has 2 unspecified atom stereocenters. The van der Waals surface area contributed by atoms with Crippen LogP contribution < -0.4 is 5.46 Å². The lowest BCUT2D eigenvalue weighted by atomic mass is 9.82. The molecule has 42 heavy (non-hydrogen) atoms. The molecule has 0 aromatic carbocycles. The van der Waals surface area contributed by atoms with Crippen molar-refractivity contribution < 1.29 is 42.6 Å². The van der Waals surface area contributed by atoms with E-state index in [1.807, 2.05) is 27.7 Å². The van der Waals surface area contributed by atoms with Crippen LogP contribution in [0.25, 0.3) is 5.70 Å². The van der Waals surface area contributed by atoms with Gasteiger partial charge < -0.3 is 28.3 Å². The first-order valence-corrected chi connectivity index (χ1v) is 14.9. The van der Waals surface area contributed by atoms with Crippen LogP contribution in [-0.4, -0.2) is 75.2 Å². The summed E-state index contributed by atoms with van der Waals surface area (Å²) in [6.07, 6.45) is 2.40. The summed E-state index contributed by atoms with van der Waals surface area (Å²) in [6, 6.07) is 1.66. The highest BCUT2D eigenvalue weighted by Gasteiger charge is 2.52. The van der Waals surface area contributed by atoms with Crippen molar-refractivity contribution in [2.45, 2.75) is 82.2 Å². The van der Waals surface area contributed by atoms with Crippen molar-refractivity contribution in [1.82, 2.24) is 14.8 Å². The number of ether oxygens (including phenoxy) is 4. The van der Waals surface area contributed by atoms with Gasteiger partial charge in [0, 0.05) is 49.7 Å². The Kier molecular flexibility index (Phi) is 9.80. The minimum Gasteiger partial charge on any atom is -0.463 e. The zero-order chi connectivity index (χ0) is 31.0. The van der Waals surface area contributed by atoms with E-state index in [2.05, 4.69) is 26.0 Å². The van der Waals surface area contributed by atoms with Gasteiger partial charge in [-0.2, -0.15) is 5.10 Å². The van der Waals surface area contributed by atoms with Crippen molar-refractivity contribution in [3.05, 3.63) is 40.0 Å². The molecule has 12 nitrogen and oxygen atoms in total. The number of aromatic nitrogens is 3. The van der Waals surface area contributed by atoms with Gasteiger partial charge in [-0.15, -0.1) is 0 Å². The number of esters is 3. The topological polar surface area (TPSA) is 137 Å². The van der Waals surface area contributed by atoms with Crippen LogP contribution in [0.15, 0.2) is 39.9 Å². The minimum atomic E-state index is -1.16. The summed E-state index contributed by atoms with van der Waals surface area (Å²) in [4.78, 5) is 41.2. The Balaban J connectivity index is 1.84. The second-order valence-corrected chi connectivity index (χ2v) is 12.9. The molecule has 0 radical (unpaired) electrons. The Morgan fingerprint density at radius 1 is 1.10 bits per heavy atom. The number of thioether (sulfide) groups is 1. The van der Waals surface area contributed by atoms with Gasteiger partial charge in [-0.05, 0) is 49.7 Å². The van der Waals surface area contributed by atoms with Crippen molar-refractivity contribution in [2.24, 2.45) is 0 Å². The second kappa shape index (κ2) is 12.7. The van der Waals surface area contributed by atoms with Crippen LogP contribution in [0, 0.1) is 0 Å². The smallest absolute Gasteiger partial charge is 0.463 e. The molecule has 0 spiro atoms. The third-order valence-corrected chi connectivity index (χ3v) is 8.99. The van der Waals surface area contributed by atoms with Gasteiger partial charge in [0.25, 0.3) is 0 Å². The zero-order valence-corrected chi connectivity index (χ0v) is 27.2. The maximum absolute atomic E-state index is 12.4. The third kappa shape index (κ3) is 7.20. The van der Waals surface area contributed by atoms with E-state index < -0.39 is 53.9 Å². The molecule has 1 saturated heterocycles. The molecule has 2 aromatic rings. The Labute approximate surface area is 261 Å². The highest BCUT2D eigenvalue weighted by atomic mass is 79.9. The zero-order valence-electron chi connectivity index (χ0n) is 24.0. The molecule has 2 aliphatic heterocycles. The lowest BCUT2D eigenvalue weighted by Gasteiger charge is -2.37. The third-order valence-electron chi connectivity index (χ3n) is 6.74. The van der Waals surface area contributed by atoms with Gasteiger partial charge in [0.2, 0.25) is 0 Å². The van der Waals surface area contributed by atoms with Crippen molar-refractivity contribution in [3.8, 4) is 0 Å². The summed E-state index contributed by atoms with van der Waals surface area (Å²) in [7, 11) is -0.746.